The zero-order valence-corrected chi connectivity index (χ0v) is 11.2. The molecule has 0 saturated heterocycles. The Labute approximate surface area is 112 Å². The molecular weight excluding hydrogens is 268 g/mol. The van der Waals surface area contributed by atoms with Gasteiger partial charge in [0.2, 0.25) is 0 Å². The van der Waals surface area contributed by atoms with Gasteiger partial charge in [-0.25, -0.2) is 9.97 Å². The molecule has 0 atom stereocenters. The molecule has 2 aromatic rings. The zero-order valence-electron chi connectivity index (χ0n) is 10.4. The summed E-state index contributed by atoms with van der Waals surface area (Å²) in [6.45, 7) is 0.681. The Bertz CT molecular complexity index is 678. The number of hydrogen-bond donors (Lipinski definition) is 2. The number of nitrogens with zero attached hydrogens (tertiary/aromatic N) is 4. The maximum absolute atomic E-state index is 11.2. The van der Waals surface area contributed by atoms with Crippen molar-refractivity contribution in [3.8, 4) is 0 Å². The van der Waals surface area contributed by atoms with E-state index in [0.717, 1.165) is 17.3 Å². The van der Waals surface area contributed by atoms with E-state index in [4.69, 9.17) is 0 Å². The number of hydrogen-bond acceptors (Lipinski definition) is 7. The van der Waals surface area contributed by atoms with E-state index in [1.807, 2.05) is 7.05 Å². The summed E-state index contributed by atoms with van der Waals surface area (Å²) in [6, 6.07) is 0. The van der Waals surface area contributed by atoms with Crippen molar-refractivity contribution < 1.29 is 0 Å². The summed E-state index contributed by atoms with van der Waals surface area (Å²) in [4.78, 5) is 34.2. The van der Waals surface area contributed by atoms with Crippen LogP contribution in [0.5, 0.6) is 0 Å². The third-order valence-electron chi connectivity index (χ3n) is 2.19. The molecular formula is C10H12N6O2S. The maximum atomic E-state index is 11.2. The van der Waals surface area contributed by atoms with Crippen LogP contribution >= 0.6 is 11.8 Å². The fourth-order valence-electron chi connectivity index (χ4n) is 1.32. The molecule has 0 aliphatic carbocycles. The smallest absolute Gasteiger partial charge is 0.316 e. The Morgan fingerprint density at radius 2 is 2.05 bits per heavy atom. The number of aromatic nitrogens is 5. The SMILES string of the molecule is CNCc1cnc(Sc2nc(=O)c(=O)[nH]n2C)nc1. The molecule has 100 valence electrons. The molecule has 0 radical (unpaired) electrons. The third-order valence-corrected chi connectivity index (χ3v) is 3.13. The molecule has 19 heavy (non-hydrogen) atoms. The van der Waals surface area contributed by atoms with Crippen LogP contribution in [0.1, 0.15) is 5.56 Å². The zero-order chi connectivity index (χ0) is 13.8. The average Bonchev–Trinajstić information content (AvgIpc) is 2.38. The van der Waals surface area contributed by atoms with Crippen LogP contribution in [0.4, 0.5) is 0 Å². The highest BCUT2D eigenvalue weighted by atomic mass is 32.2. The predicted molar refractivity (Wildman–Crippen MR) is 69.0 cm³/mol. The van der Waals surface area contributed by atoms with Crippen LogP contribution in [0.25, 0.3) is 0 Å². The lowest BCUT2D eigenvalue weighted by atomic mass is 10.3. The molecule has 0 bridgehead atoms. The molecule has 2 rings (SSSR count). The van der Waals surface area contributed by atoms with Crippen molar-refractivity contribution in [2.24, 2.45) is 7.05 Å². The molecule has 8 nitrogen and oxygen atoms in total. The molecule has 9 heteroatoms. The van der Waals surface area contributed by atoms with Gasteiger partial charge in [-0.05, 0) is 18.8 Å². The standard InChI is InChI=1S/C10H12N6O2S/c1-11-3-6-4-12-9(13-5-6)19-10-14-7(17)8(18)15-16(10)2/h4-5,11H,3H2,1-2H3,(H,15,18). The summed E-state index contributed by atoms with van der Waals surface area (Å²) < 4.78 is 1.36. The highest BCUT2D eigenvalue weighted by molar-refractivity contribution is 7.99. The Hall–Kier alpha value is -2.00. The van der Waals surface area contributed by atoms with E-state index in [-0.39, 0.29) is 0 Å². The highest BCUT2D eigenvalue weighted by Gasteiger charge is 2.08. The van der Waals surface area contributed by atoms with Gasteiger partial charge in [-0.3, -0.25) is 19.4 Å². The van der Waals surface area contributed by atoms with E-state index in [1.165, 1.54) is 4.68 Å². The molecule has 0 fully saturated rings. The minimum atomic E-state index is -0.826. The first kappa shape index (κ1) is 13.4. The van der Waals surface area contributed by atoms with Gasteiger partial charge in [0.15, 0.2) is 10.3 Å². The van der Waals surface area contributed by atoms with Crippen molar-refractivity contribution in [1.82, 2.24) is 30.0 Å². The van der Waals surface area contributed by atoms with Crippen LogP contribution in [0.15, 0.2) is 32.3 Å². The molecule has 0 aliphatic rings. The lowest BCUT2D eigenvalue weighted by molar-refractivity contribution is 0.595. The van der Waals surface area contributed by atoms with Crippen molar-refractivity contribution >= 4 is 11.8 Å². The molecule has 0 aliphatic heterocycles. The second-order valence-electron chi connectivity index (χ2n) is 3.71. The van der Waals surface area contributed by atoms with Gasteiger partial charge in [0.25, 0.3) is 0 Å². The molecule has 0 aromatic carbocycles. The Morgan fingerprint density at radius 3 is 2.68 bits per heavy atom. The van der Waals surface area contributed by atoms with E-state index in [2.05, 4.69) is 25.4 Å². The predicted octanol–water partition coefficient (Wildman–Crippen LogP) is -0.871. The fourth-order valence-corrected chi connectivity index (χ4v) is 2.01. The first-order chi connectivity index (χ1) is 9.10. The van der Waals surface area contributed by atoms with Gasteiger partial charge in [-0.15, -0.1) is 0 Å². The molecule has 2 aromatic heterocycles. The van der Waals surface area contributed by atoms with Gasteiger partial charge in [0.05, 0.1) is 0 Å². The van der Waals surface area contributed by atoms with Crippen LogP contribution in [-0.4, -0.2) is 31.8 Å². The van der Waals surface area contributed by atoms with E-state index in [0.29, 0.717) is 16.9 Å². The average molecular weight is 280 g/mol. The van der Waals surface area contributed by atoms with E-state index in [9.17, 15) is 9.59 Å². The number of H-pyrrole nitrogens is 1. The summed E-state index contributed by atoms with van der Waals surface area (Å²) in [6.07, 6.45) is 3.38. The first-order valence-corrected chi connectivity index (χ1v) is 6.22. The van der Waals surface area contributed by atoms with Gasteiger partial charge < -0.3 is 5.32 Å². The highest BCUT2D eigenvalue weighted by Crippen LogP contribution is 2.19. The number of aromatic amines is 1. The van der Waals surface area contributed by atoms with Crippen molar-refractivity contribution in [3.05, 3.63) is 38.7 Å². The van der Waals surface area contributed by atoms with Gasteiger partial charge in [-0.2, -0.15) is 4.98 Å². The van der Waals surface area contributed by atoms with E-state index in [1.54, 1.807) is 19.4 Å². The van der Waals surface area contributed by atoms with Gasteiger partial charge in [0, 0.05) is 31.5 Å². The van der Waals surface area contributed by atoms with Crippen LogP contribution in [-0.2, 0) is 13.6 Å². The first-order valence-electron chi connectivity index (χ1n) is 5.41. The maximum Gasteiger partial charge on any atom is 0.339 e. The van der Waals surface area contributed by atoms with Gasteiger partial charge in [0.1, 0.15) is 0 Å². The largest absolute Gasteiger partial charge is 0.339 e. The normalized spacial score (nSPS) is 10.6. The fraction of sp³-hybridized carbons (Fsp3) is 0.300. The summed E-state index contributed by atoms with van der Waals surface area (Å²) in [7, 11) is 3.42. The summed E-state index contributed by atoms with van der Waals surface area (Å²) in [5.41, 5.74) is -0.625. The number of aryl methyl sites for hydroxylation is 1. The second kappa shape index (κ2) is 5.76. The van der Waals surface area contributed by atoms with Crippen LogP contribution in [0.3, 0.4) is 0 Å². The van der Waals surface area contributed by atoms with Crippen LogP contribution in [0.2, 0.25) is 0 Å². The van der Waals surface area contributed by atoms with Crippen molar-refractivity contribution in [1.29, 1.82) is 0 Å². The minimum Gasteiger partial charge on any atom is -0.316 e. The topological polar surface area (TPSA) is 106 Å². The van der Waals surface area contributed by atoms with E-state index >= 15 is 0 Å². The quantitative estimate of drug-likeness (QED) is 0.554. The Kier molecular flexibility index (Phi) is 4.07. The Balaban J connectivity index is 2.23. The monoisotopic (exact) mass is 280 g/mol. The van der Waals surface area contributed by atoms with E-state index < -0.39 is 11.1 Å². The van der Waals surface area contributed by atoms with Crippen molar-refractivity contribution in [2.75, 3.05) is 7.05 Å². The van der Waals surface area contributed by atoms with Crippen molar-refractivity contribution in [3.63, 3.8) is 0 Å². The minimum absolute atomic E-state index is 0.325. The van der Waals surface area contributed by atoms with Crippen LogP contribution < -0.4 is 16.4 Å². The number of rotatable bonds is 4. The van der Waals surface area contributed by atoms with Crippen LogP contribution in [0, 0.1) is 0 Å². The third kappa shape index (κ3) is 3.26. The molecule has 0 unspecified atom stereocenters. The lowest BCUT2D eigenvalue weighted by Crippen LogP contribution is -2.33. The van der Waals surface area contributed by atoms with Crippen molar-refractivity contribution in [2.45, 2.75) is 16.9 Å². The summed E-state index contributed by atoms with van der Waals surface area (Å²) in [5, 5.41) is 6.13. The number of nitrogens with one attached hydrogen (secondary N) is 2. The summed E-state index contributed by atoms with van der Waals surface area (Å²) >= 11 is 1.10. The molecule has 0 amide bonds. The lowest BCUT2D eigenvalue weighted by Gasteiger charge is -2.05. The van der Waals surface area contributed by atoms with Gasteiger partial charge in [-0.1, -0.05) is 0 Å². The molecule has 0 spiro atoms. The molecule has 2 N–H and O–H groups in total. The second-order valence-corrected chi connectivity index (χ2v) is 4.64. The molecule has 2 heterocycles. The van der Waals surface area contributed by atoms with Gasteiger partial charge >= 0.3 is 11.1 Å². The summed E-state index contributed by atoms with van der Waals surface area (Å²) in [5.74, 6) is 0. The molecule has 0 saturated carbocycles. The Morgan fingerprint density at radius 1 is 1.37 bits per heavy atom.